The molecule has 3 N–H and O–H groups in total. The van der Waals surface area contributed by atoms with E-state index in [4.69, 9.17) is 10.2 Å². The van der Waals surface area contributed by atoms with Crippen LogP contribution in [0.2, 0.25) is 0 Å². The number of carboxylic acids is 2. The van der Waals surface area contributed by atoms with Gasteiger partial charge in [0.1, 0.15) is 0 Å². The van der Waals surface area contributed by atoms with Gasteiger partial charge in [0, 0.05) is 0 Å². The number of aliphatic hydroxyl groups is 1. The first-order valence-corrected chi connectivity index (χ1v) is 6.90. The zero-order valence-corrected chi connectivity index (χ0v) is 10.9. The Hall–Kier alpha value is -1.10. The van der Waals surface area contributed by atoms with Crippen molar-refractivity contribution in [2.75, 3.05) is 0 Å². The third kappa shape index (κ3) is 2.14. The van der Waals surface area contributed by atoms with E-state index < -0.39 is 17.5 Å². The quantitative estimate of drug-likeness (QED) is 0.720. The van der Waals surface area contributed by atoms with Crippen LogP contribution in [0.1, 0.15) is 51.4 Å². The predicted octanol–water partition coefficient (Wildman–Crippen LogP) is 1.64. The van der Waals surface area contributed by atoms with Crippen molar-refractivity contribution in [3.8, 4) is 0 Å². The summed E-state index contributed by atoms with van der Waals surface area (Å²) < 4.78 is 0. The molecule has 0 aromatic rings. The van der Waals surface area contributed by atoms with Crippen molar-refractivity contribution in [2.45, 2.75) is 57.0 Å². The second kappa shape index (κ2) is 3.72. The summed E-state index contributed by atoms with van der Waals surface area (Å²) in [7, 11) is 0. The molecule has 4 saturated carbocycles. The van der Waals surface area contributed by atoms with Crippen molar-refractivity contribution in [3.63, 3.8) is 0 Å². The van der Waals surface area contributed by atoms with Crippen LogP contribution in [-0.4, -0.2) is 32.9 Å². The molecular weight excluding hydrogens is 248 g/mol. The van der Waals surface area contributed by atoms with Crippen molar-refractivity contribution in [1.29, 1.82) is 0 Å². The smallest absolute Gasteiger partial charge is 0.303 e. The lowest BCUT2D eigenvalue weighted by Gasteiger charge is -2.64. The molecule has 0 aromatic heterocycles. The zero-order valence-electron chi connectivity index (χ0n) is 10.9. The molecule has 0 spiro atoms. The van der Waals surface area contributed by atoms with Gasteiger partial charge in [0.25, 0.3) is 0 Å². The van der Waals surface area contributed by atoms with Crippen molar-refractivity contribution in [1.82, 2.24) is 0 Å². The highest BCUT2D eigenvalue weighted by atomic mass is 16.4. The first kappa shape index (κ1) is 12.9. The Morgan fingerprint density at radius 3 is 1.74 bits per heavy atom. The molecule has 0 saturated heterocycles. The summed E-state index contributed by atoms with van der Waals surface area (Å²) in [6.45, 7) is 0. The van der Waals surface area contributed by atoms with Crippen LogP contribution in [0.4, 0.5) is 0 Å². The second-order valence-corrected chi connectivity index (χ2v) is 7.37. The van der Waals surface area contributed by atoms with Crippen LogP contribution in [0.3, 0.4) is 0 Å². The zero-order chi connectivity index (χ0) is 13.9. The maximum absolute atomic E-state index is 11.1. The third-order valence-corrected chi connectivity index (χ3v) is 5.32. The Morgan fingerprint density at radius 2 is 1.37 bits per heavy atom. The molecule has 4 bridgehead atoms. The van der Waals surface area contributed by atoms with Crippen LogP contribution in [0.5, 0.6) is 0 Å². The van der Waals surface area contributed by atoms with E-state index in [2.05, 4.69) is 0 Å². The molecule has 4 aliphatic carbocycles. The van der Waals surface area contributed by atoms with Crippen molar-refractivity contribution >= 4 is 11.9 Å². The van der Waals surface area contributed by atoms with Gasteiger partial charge in [-0.3, -0.25) is 9.59 Å². The van der Waals surface area contributed by atoms with E-state index in [9.17, 15) is 14.7 Å². The van der Waals surface area contributed by atoms with Crippen LogP contribution in [-0.2, 0) is 9.59 Å². The summed E-state index contributed by atoms with van der Waals surface area (Å²) in [5, 5.41) is 28.9. The lowest BCUT2D eigenvalue weighted by Crippen LogP contribution is -2.60. The Kier molecular flexibility index (Phi) is 2.53. The van der Waals surface area contributed by atoms with Gasteiger partial charge >= 0.3 is 11.9 Å². The molecule has 5 nitrogen and oxygen atoms in total. The monoisotopic (exact) mass is 268 g/mol. The molecule has 0 aromatic carbocycles. The minimum absolute atomic E-state index is 0.0627. The standard InChI is InChI=1S/C14H20O5/c15-10(16)4-12-1-9-2-13(6-12,5-11(17)18)8-14(19,3-9)7-12/h9,19H,1-8H2,(H,15,16)(H,17,18). The first-order chi connectivity index (χ1) is 8.74. The highest BCUT2D eigenvalue weighted by Gasteiger charge is 2.63. The van der Waals surface area contributed by atoms with Crippen molar-refractivity contribution in [2.24, 2.45) is 16.7 Å². The van der Waals surface area contributed by atoms with Crippen LogP contribution >= 0.6 is 0 Å². The summed E-state index contributed by atoms with van der Waals surface area (Å²) in [6.07, 6.45) is 4.23. The fourth-order valence-electron chi connectivity index (χ4n) is 5.83. The molecule has 4 aliphatic rings. The normalized spacial score (nSPS) is 47.3. The van der Waals surface area contributed by atoms with Gasteiger partial charge in [-0.25, -0.2) is 0 Å². The molecule has 19 heavy (non-hydrogen) atoms. The lowest BCUT2D eigenvalue weighted by molar-refractivity contribution is -0.208. The second-order valence-electron chi connectivity index (χ2n) is 7.37. The van der Waals surface area contributed by atoms with E-state index >= 15 is 0 Å². The average Bonchev–Trinajstić information content (AvgIpc) is 2.06. The van der Waals surface area contributed by atoms with Crippen LogP contribution in [0.15, 0.2) is 0 Å². The Morgan fingerprint density at radius 1 is 0.895 bits per heavy atom. The number of rotatable bonds is 4. The average molecular weight is 268 g/mol. The highest BCUT2D eigenvalue weighted by molar-refractivity contribution is 5.69. The van der Waals surface area contributed by atoms with E-state index in [1.54, 1.807) is 0 Å². The van der Waals surface area contributed by atoms with Gasteiger partial charge < -0.3 is 15.3 Å². The molecule has 0 aliphatic heterocycles. The molecule has 2 atom stereocenters. The van der Waals surface area contributed by atoms with Gasteiger partial charge in [0.2, 0.25) is 0 Å². The summed E-state index contributed by atoms with van der Waals surface area (Å²) in [6, 6.07) is 0. The fourth-order valence-corrected chi connectivity index (χ4v) is 5.83. The molecule has 0 radical (unpaired) electrons. The molecule has 4 rings (SSSR count). The SMILES string of the molecule is O=C(O)CC12CC3CC(O)(C1)CC(CC(=O)O)(C3)C2. The Labute approximate surface area is 111 Å². The number of aliphatic carboxylic acids is 2. The summed E-state index contributed by atoms with van der Waals surface area (Å²) in [4.78, 5) is 22.2. The summed E-state index contributed by atoms with van der Waals surface area (Å²) in [5.74, 6) is -1.38. The van der Waals surface area contributed by atoms with Gasteiger partial charge in [-0.1, -0.05) is 0 Å². The summed E-state index contributed by atoms with van der Waals surface area (Å²) >= 11 is 0. The van der Waals surface area contributed by atoms with Crippen molar-refractivity contribution < 1.29 is 24.9 Å². The van der Waals surface area contributed by atoms with E-state index in [-0.39, 0.29) is 23.7 Å². The van der Waals surface area contributed by atoms with Crippen LogP contribution in [0, 0.1) is 16.7 Å². The molecule has 0 heterocycles. The third-order valence-electron chi connectivity index (χ3n) is 5.32. The van der Waals surface area contributed by atoms with Gasteiger partial charge in [-0.2, -0.15) is 0 Å². The molecule has 0 amide bonds. The Balaban J connectivity index is 1.94. The minimum Gasteiger partial charge on any atom is -0.481 e. The van der Waals surface area contributed by atoms with E-state index in [0.29, 0.717) is 25.2 Å². The molecule has 106 valence electrons. The lowest BCUT2D eigenvalue weighted by atomic mass is 9.41. The van der Waals surface area contributed by atoms with Gasteiger partial charge in [-0.15, -0.1) is 0 Å². The first-order valence-electron chi connectivity index (χ1n) is 6.90. The van der Waals surface area contributed by atoms with Crippen molar-refractivity contribution in [3.05, 3.63) is 0 Å². The number of hydrogen-bond donors (Lipinski definition) is 3. The number of carbonyl (C=O) groups is 2. The highest BCUT2D eigenvalue weighted by Crippen LogP contribution is 2.68. The minimum atomic E-state index is -0.837. The van der Waals surface area contributed by atoms with Gasteiger partial charge in [-0.05, 0) is 55.3 Å². The van der Waals surface area contributed by atoms with E-state index in [1.165, 1.54) is 0 Å². The van der Waals surface area contributed by atoms with Crippen LogP contribution < -0.4 is 0 Å². The molecule has 5 heteroatoms. The van der Waals surface area contributed by atoms with Gasteiger partial charge in [0.05, 0.1) is 18.4 Å². The maximum atomic E-state index is 11.1. The van der Waals surface area contributed by atoms with E-state index in [1.807, 2.05) is 0 Å². The topological polar surface area (TPSA) is 94.8 Å². The number of hydrogen-bond acceptors (Lipinski definition) is 3. The predicted molar refractivity (Wildman–Crippen MR) is 65.5 cm³/mol. The largest absolute Gasteiger partial charge is 0.481 e. The Bertz CT molecular complexity index is 411. The van der Waals surface area contributed by atoms with E-state index in [0.717, 1.165) is 19.3 Å². The molecular formula is C14H20O5. The summed E-state index contributed by atoms with van der Waals surface area (Å²) in [5.41, 5.74) is -1.59. The molecule has 4 fully saturated rings. The van der Waals surface area contributed by atoms with Crippen LogP contribution in [0.25, 0.3) is 0 Å². The molecule has 2 unspecified atom stereocenters. The fraction of sp³-hybridized carbons (Fsp3) is 0.857. The van der Waals surface area contributed by atoms with Gasteiger partial charge in [0.15, 0.2) is 0 Å². The maximum Gasteiger partial charge on any atom is 0.303 e. The number of carboxylic acid groups (broad SMARTS) is 2.